The standard InChI is InChI=1S/C42H42F3N9O7.C25H27F3N6O2.C17H19N3O5.CH3F/c1-21(53(3)31-8-6-7-24-34(31)41(61)54(40(24)60)32-13-14-33(55)52-39(32)59)36(56)47-15-4-5-16-48-38(58)29-12-9-22(19-49-29)25-17-26-30(18-28(25)42(43,44)45)50-20-27(35(26)46-2)37(57)51-23-10-11-23;1-30-22-17-10-16(14-4-7-20(32-12-14)24(36)31-9-3-2-8-29)19(25(26,27)28)11-21(17)33-13-18(22)23(35)34-15-5-6-15;1-9(17(24)25)19(2)12-5-3-4-10-11(12)8-20(16(10)23)13-6-7-14(21)18-15(13)22;1-2/h6-9,12,17-21,23,32H,4-5,10-11,13-16H2,1-3H3,(H,46,50)(H,47,56)(H,48,58)(H,51,57)(H,52,55,59);4,7,10-13,15H,2-3,5-6,8-9,29H2,1H3,(H,30,33)(H,31,36)(H,34,35);3-5,9,13H,6-8H2,1-2H3,(H,24,25)(H,18,21,22);1H3/t21-,32?;;9-,13?;/m0.0./s1/i;;;1D. The third-order valence-corrected chi connectivity index (χ3v) is 21.8. The normalized spacial score (nSPS) is 16.6. The number of nitrogens with two attached hydrogens (primary N) is 1. The van der Waals surface area contributed by atoms with Crippen LogP contribution in [0.2, 0.25) is 0 Å². The molecule has 12 N–H and O–H groups in total. The van der Waals surface area contributed by atoms with Gasteiger partial charge >= 0.3 is 18.3 Å². The summed E-state index contributed by atoms with van der Waals surface area (Å²) < 4.78 is 100. The van der Waals surface area contributed by atoms with Gasteiger partial charge in [-0.2, -0.15) is 26.3 Å². The second-order valence-corrected chi connectivity index (χ2v) is 30.0. The van der Waals surface area contributed by atoms with E-state index in [0.29, 0.717) is 77.0 Å². The molecule has 32 nitrogen and oxygen atoms in total. The van der Waals surface area contributed by atoms with Gasteiger partial charge in [0.1, 0.15) is 35.6 Å². The number of aliphatic carboxylic acids is 1. The number of carboxylic acids is 1. The van der Waals surface area contributed by atoms with Crippen molar-refractivity contribution in [3.63, 3.8) is 0 Å². The predicted octanol–water partition coefficient (Wildman–Crippen LogP) is 8.46. The van der Waals surface area contributed by atoms with Gasteiger partial charge in [-0.15, -0.1) is 0 Å². The van der Waals surface area contributed by atoms with Crippen LogP contribution < -0.4 is 63.4 Å². The first-order valence-corrected chi connectivity index (χ1v) is 39.7. The van der Waals surface area contributed by atoms with Crippen molar-refractivity contribution in [2.75, 3.05) is 82.0 Å². The van der Waals surface area contributed by atoms with E-state index < -0.39 is 102 Å². The molecule has 0 radical (unpaired) electrons. The van der Waals surface area contributed by atoms with Crippen molar-refractivity contribution in [1.29, 1.82) is 0 Å². The minimum Gasteiger partial charge on any atom is -0.480 e. The lowest BCUT2D eigenvalue weighted by Crippen LogP contribution is -2.54. The van der Waals surface area contributed by atoms with Crippen LogP contribution in [-0.4, -0.2) is 209 Å². The Bertz CT molecular complexity index is 5550. The number of piperidine rings is 2. The number of carbonyl (C=O) groups excluding carboxylic acids is 12. The summed E-state index contributed by atoms with van der Waals surface area (Å²) in [6.45, 7) is 4.82. The average Bonchev–Trinajstić information content (AvgIpc) is 1.46. The van der Waals surface area contributed by atoms with Crippen LogP contribution in [0.5, 0.6) is 0 Å². The molecule has 4 aliphatic heterocycles. The van der Waals surface area contributed by atoms with E-state index in [0.717, 1.165) is 55.6 Å². The summed E-state index contributed by atoms with van der Waals surface area (Å²) in [5, 5.41) is 34.2. The Morgan fingerprint density at radius 3 is 1.44 bits per heavy atom. The number of alkyl halides is 7. The number of hydrogen-bond donors (Lipinski definition) is 11. The summed E-state index contributed by atoms with van der Waals surface area (Å²) >= 11 is 0. The molecule has 6 aliphatic rings. The molecule has 0 bridgehead atoms. The van der Waals surface area contributed by atoms with Gasteiger partial charge in [0.2, 0.25) is 29.5 Å². The van der Waals surface area contributed by atoms with Crippen molar-refractivity contribution in [3.8, 4) is 22.3 Å². The number of rotatable bonds is 27. The lowest BCUT2D eigenvalue weighted by molar-refractivity contribution is -0.138. The highest BCUT2D eigenvalue weighted by Gasteiger charge is 2.47. The van der Waals surface area contributed by atoms with Gasteiger partial charge in [-0.3, -0.25) is 97.4 Å². The van der Waals surface area contributed by atoms with Crippen molar-refractivity contribution < 1.29 is 99.5 Å². The first kappa shape index (κ1) is 89.6. The Hall–Kier alpha value is -13.6. The summed E-state index contributed by atoms with van der Waals surface area (Å²) in [5.41, 5.74) is 7.21. The van der Waals surface area contributed by atoms with Gasteiger partial charge in [-0.25, -0.2) is 4.79 Å². The van der Waals surface area contributed by atoms with Gasteiger partial charge in [-0.05, 0) is 156 Å². The van der Waals surface area contributed by atoms with Gasteiger partial charge in [0, 0.05) is 143 Å². The number of halogens is 7. The van der Waals surface area contributed by atoms with E-state index in [1.165, 1.54) is 72.2 Å². The van der Waals surface area contributed by atoms with E-state index in [1.807, 2.05) is 0 Å². The smallest absolute Gasteiger partial charge is 0.417 e. The summed E-state index contributed by atoms with van der Waals surface area (Å²) in [6, 6.07) is 16.7. The highest BCUT2D eigenvalue weighted by molar-refractivity contribution is 6.26. The molecule has 4 aromatic heterocycles. The van der Waals surface area contributed by atoms with Crippen LogP contribution in [0.4, 0.5) is 53.5 Å². The lowest BCUT2D eigenvalue weighted by Gasteiger charge is -2.30. The van der Waals surface area contributed by atoms with Crippen molar-refractivity contribution >= 4 is 121 Å². The number of hydrogen-bond acceptors (Lipinski definition) is 22. The highest BCUT2D eigenvalue weighted by atomic mass is 19.4. The van der Waals surface area contributed by atoms with Gasteiger partial charge in [0.25, 0.3) is 41.4 Å². The van der Waals surface area contributed by atoms with E-state index in [2.05, 4.69) is 67.8 Å². The molecule has 0 spiro atoms. The number of carbonyl (C=O) groups is 13. The quantitative estimate of drug-likeness (QED) is 0.0131. The number of imide groups is 3. The Labute approximate surface area is 706 Å². The SMILES string of the molecule is CNc1c(C(=O)NC2CC2)cnc2cc(C(F)(F)F)c(-c3ccc(C(=O)NCCCCN)nc3)cc12.CNc1c(C(=O)NC2CC2)cnc2cc(C(F)(F)F)c(-c3ccc(C(=O)NCCCCNC(=O)[C@H](C)N(C)c4cccc5c4C(=O)N(C4CCC(=O)NC4=O)C5=O)nc3)cc12.C[C@@H](C(=O)O)N(C)c1cccc2c1CN(C1CCC(=O)NC1=O)C2=O.[2H]CF. The Balaban J connectivity index is 0.000000199. The zero-order valence-electron chi connectivity index (χ0n) is 69.1. The summed E-state index contributed by atoms with van der Waals surface area (Å²) in [4.78, 5) is 184. The highest BCUT2D eigenvalue weighted by Crippen LogP contribution is 2.45. The Morgan fingerprint density at radius 1 is 0.556 bits per heavy atom. The molecule has 654 valence electrons. The van der Waals surface area contributed by atoms with Crippen molar-refractivity contribution in [1.82, 2.24) is 67.0 Å². The van der Waals surface area contributed by atoms with E-state index in [4.69, 9.17) is 7.10 Å². The zero-order chi connectivity index (χ0) is 90.6. The molecule has 2 aliphatic carbocycles. The fourth-order valence-corrected chi connectivity index (χ4v) is 14.6. The number of pyridine rings is 4. The molecule has 124 heavy (non-hydrogen) atoms. The molecule has 4 fully saturated rings. The van der Waals surface area contributed by atoms with Gasteiger partial charge in [0.05, 0.1) is 70.0 Å². The van der Waals surface area contributed by atoms with Gasteiger partial charge < -0.3 is 62.8 Å². The molecule has 2 saturated carbocycles. The number of anilines is 4. The molecule has 4 atom stereocenters. The molecule has 2 saturated heterocycles. The van der Waals surface area contributed by atoms with E-state index >= 15 is 0 Å². The number of amides is 12. The molecule has 2 unspecified atom stereocenters. The van der Waals surface area contributed by atoms with Crippen LogP contribution >= 0.6 is 0 Å². The number of likely N-dealkylation sites (N-methyl/N-ethyl adjacent to an activating group) is 2. The third kappa shape index (κ3) is 20.4. The number of aromatic nitrogens is 4. The summed E-state index contributed by atoms with van der Waals surface area (Å²) in [6.07, 6.45) is 1.96. The summed E-state index contributed by atoms with van der Waals surface area (Å²) in [5.74, 6) is -6.64. The van der Waals surface area contributed by atoms with Crippen LogP contribution in [0.3, 0.4) is 0 Å². The number of carboxylic acid groups (broad SMARTS) is 1. The average molecular weight is 1720 g/mol. The molecule has 39 heteroatoms. The molecule has 14 rings (SSSR count). The maximum absolute atomic E-state index is 14.3. The monoisotopic (exact) mass is 1720 g/mol. The van der Waals surface area contributed by atoms with Gasteiger partial charge in [-0.1, -0.05) is 24.3 Å². The minimum absolute atomic E-state index is 0.0116. The van der Waals surface area contributed by atoms with Crippen LogP contribution in [0, 0.1) is 0 Å². The predicted molar refractivity (Wildman–Crippen MR) is 441 cm³/mol. The second kappa shape index (κ2) is 39.1. The van der Waals surface area contributed by atoms with Crippen LogP contribution in [0.15, 0.2) is 110 Å². The van der Waals surface area contributed by atoms with Crippen LogP contribution in [0.25, 0.3) is 44.1 Å². The molecule has 8 heterocycles. The number of unbranched alkanes of at least 4 members (excludes halogenated alkanes) is 2. The maximum Gasteiger partial charge on any atom is 0.417 e. The lowest BCUT2D eigenvalue weighted by atomic mass is 9.96. The fraction of sp³-hybridized carbons (Fsp3) is 0.376. The fourth-order valence-electron chi connectivity index (χ4n) is 14.6. The van der Waals surface area contributed by atoms with E-state index in [1.54, 1.807) is 82.2 Å². The molecule has 8 aromatic rings. The largest absolute Gasteiger partial charge is 0.480 e. The number of nitrogens with one attached hydrogen (secondary N) is 9. The van der Waals surface area contributed by atoms with Crippen LogP contribution in [-0.2, 0) is 47.7 Å². The second-order valence-electron chi connectivity index (χ2n) is 30.0. The molecule has 4 aromatic carbocycles. The van der Waals surface area contributed by atoms with E-state index in [9.17, 15) is 98.2 Å². The first-order valence-electron chi connectivity index (χ1n) is 40.4. The third-order valence-electron chi connectivity index (χ3n) is 21.8. The Morgan fingerprint density at radius 2 is 1.01 bits per heavy atom. The van der Waals surface area contributed by atoms with Gasteiger partial charge in [0.15, 0.2) is 0 Å². The molecular weight excluding hydrogens is 1630 g/mol. The minimum atomic E-state index is -4.75. The van der Waals surface area contributed by atoms with Crippen molar-refractivity contribution in [2.24, 2.45) is 5.73 Å². The molecule has 12 amide bonds. The number of fused-ring (bicyclic) bond motifs is 4. The molecular formula is C85H91F7N18O14. The maximum atomic E-state index is 14.3. The van der Waals surface area contributed by atoms with E-state index in [-0.39, 0.29) is 147 Å². The Kier molecular flexibility index (Phi) is 28.2. The topological polar surface area (TPSA) is 441 Å². The van der Waals surface area contributed by atoms with Crippen molar-refractivity contribution in [2.45, 2.75) is 146 Å². The number of benzene rings is 4. The first-order chi connectivity index (χ1) is 59.5. The summed E-state index contributed by atoms with van der Waals surface area (Å²) in [7, 11) is 5.43. The van der Waals surface area contributed by atoms with Crippen LogP contribution in [0.1, 0.15) is 182 Å². The zero-order valence-corrected chi connectivity index (χ0v) is 68.1. The van der Waals surface area contributed by atoms with Crippen molar-refractivity contribution in [3.05, 3.63) is 166 Å². The number of nitrogens with zero attached hydrogens (tertiary/aromatic N) is 8.